The van der Waals surface area contributed by atoms with Gasteiger partial charge < -0.3 is 14.8 Å². The van der Waals surface area contributed by atoms with Gasteiger partial charge in [-0.1, -0.05) is 17.7 Å². The van der Waals surface area contributed by atoms with Crippen LogP contribution < -0.4 is 4.74 Å². The van der Waals surface area contributed by atoms with Gasteiger partial charge in [-0.25, -0.2) is 4.98 Å². The summed E-state index contributed by atoms with van der Waals surface area (Å²) in [5, 5.41) is 10.9. The highest BCUT2D eigenvalue weighted by Crippen LogP contribution is 2.34. The average molecular weight is 253 g/mol. The third-order valence-corrected chi connectivity index (χ3v) is 2.97. The Balaban J connectivity index is 2.46. The monoisotopic (exact) mass is 252 g/mol. The van der Waals surface area contributed by atoms with Gasteiger partial charge >= 0.3 is 0 Å². The SMILES string of the molecule is COc1ccc(C(C)(O)c2ncc[nH]2)c(Cl)c1. The summed E-state index contributed by atoms with van der Waals surface area (Å²) in [6.45, 7) is 1.64. The molecular formula is C12H13ClN2O2. The lowest BCUT2D eigenvalue weighted by Gasteiger charge is -2.22. The molecule has 0 amide bonds. The zero-order valence-electron chi connectivity index (χ0n) is 9.57. The van der Waals surface area contributed by atoms with Gasteiger partial charge in [-0.05, 0) is 19.1 Å². The van der Waals surface area contributed by atoms with Gasteiger partial charge in [0.15, 0.2) is 0 Å². The van der Waals surface area contributed by atoms with Gasteiger partial charge in [0.1, 0.15) is 17.2 Å². The van der Waals surface area contributed by atoms with E-state index in [1.54, 1.807) is 44.6 Å². The van der Waals surface area contributed by atoms with Crippen molar-refractivity contribution in [2.24, 2.45) is 0 Å². The van der Waals surface area contributed by atoms with Crippen LogP contribution in [0.4, 0.5) is 0 Å². The van der Waals surface area contributed by atoms with Crippen LogP contribution in [0.1, 0.15) is 18.3 Å². The van der Waals surface area contributed by atoms with Crippen LogP contribution in [-0.4, -0.2) is 22.2 Å². The summed E-state index contributed by atoms with van der Waals surface area (Å²) in [6.07, 6.45) is 3.24. The van der Waals surface area contributed by atoms with E-state index in [-0.39, 0.29) is 0 Å². The number of aliphatic hydroxyl groups is 1. The van der Waals surface area contributed by atoms with Crippen molar-refractivity contribution in [2.45, 2.75) is 12.5 Å². The van der Waals surface area contributed by atoms with Crippen LogP contribution in [0.25, 0.3) is 0 Å². The fourth-order valence-corrected chi connectivity index (χ4v) is 2.03. The minimum atomic E-state index is -1.26. The van der Waals surface area contributed by atoms with Crippen LogP contribution >= 0.6 is 11.6 Å². The van der Waals surface area contributed by atoms with Gasteiger partial charge in [0.05, 0.1) is 12.1 Å². The van der Waals surface area contributed by atoms with E-state index in [1.807, 2.05) is 0 Å². The first kappa shape index (κ1) is 12.0. The van der Waals surface area contributed by atoms with Crippen molar-refractivity contribution in [1.29, 1.82) is 0 Å². The zero-order chi connectivity index (χ0) is 12.5. The van der Waals surface area contributed by atoms with E-state index in [2.05, 4.69) is 9.97 Å². The van der Waals surface area contributed by atoms with E-state index in [0.717, 1.165) is 0 Å². The van der Waals surface area contributed by atoms with Crippen LogP contribution in [0.3, 0.4) is 0 Å². The van der Waals surface area contributed by atoms with Crippen molar-refractivity contribution in [3.8, 4) is 5.75 Å². The van der Waals surface area contributed by atoms with E-state index in [9.17, 15) is 5.11 Å². The first-order valence-electron chi connectivity index (χ1n) is 5.12. The minimum absolute atomic E-state index is 0.436. The number of nitrogens with one attached hydrogen (secondary N) is 1. The number of halogens is 1. The Morgan fingerprint density at radius 3 is 2.76 bits per heavy atom. The van der Waals surface area contributed by atoms with Crippen molar-refractivity contribution < 1.29 is 9.84 Å². The highest BCUT2D eigenvalue weighted by molar-refractivity contribution is 6.31. The molecule has 0 aliphatic heterocycles. The molecule has 90 valence electrons. The Kier molecular flexibility index (Phi) is 3.09. The van der Waals surface area contributed by atoms with Crippen LogP contribution in [0.15, 0.2) is 30.6 Å². The molecule has 1 aromatic heterocycles. The molecule has 5 heteroatoms. The molecule has 1 heterocycles. The predicted molar refractivity (Wildman–Crippen MR) is 65.3 cm³/mol. The van der Waals surface area contributed by atoms with Gasteiger partial charge in [-0.15, -0.1) is 0 Å². The maximum Gasteiger partial charge on any atom is 0.146 e. The number of hydrogen-bond acceptors (Lipinski definition) is 3. The molecule has 0 bridgehead atoms. The fourth-order valence-electron chi connectivity index (χ4n) is 1.68. The molecule has 0 fully saturated rings. The lowest BCUT2D eigenvalue weighted by molar-refractivity contribution is 0.0932. The first-order chi connectivity index (χ1) is 8.05. The van der Waals surface area contributed by atoms with E-state index < -0.39 is 5.60 Å². The van der Waals surface area contributed by atoms with Crippen molar-refractivity contribution in [2.75, 3.05) is 7.11 Å². The second-order valence-corrected chi connectivity index (χ2v) is 4.26. The van der Waals surface area contributed by atoms with Gasteiger partial charge in [-0.2, -0.15) is 0 Å². The van der Waals surface area contributed by atoms with Crippen LogP contribution in [0, 0.1) is 0 Å². The molecule has 1 atom stereocenters. The molecule has 0 aliphatic rings. The zero-order valence-corrected chi connectivity index (χ0v) is 10.3. The lowest BCUT2D eigenvalue weighted by atomic mass is 9.95. The normalized spacial score (nSPS) is 14.4. The number of ether oxygens (including phenoxy) is 1. The maximum absolute atomic E-state index is 10.5. The summed E-state index contributed by atoms with van der Waals surface area (Å²) in [7, 11) is 1.57. The standard InChI is InChI=1S/C12H13ClN2O2/c1-12(16,11-14-5-6-15-11)9-4-3-8(17-2)7-10(9)13/h3-7,16H,1-2H3,(H,14,15). The predicted octanol–water partition coefficient (Wildman–Crippen LogP) is 2.33. The summed E-state index contributed by atoms with van der Waals surface area (Å²) in [4.78, 5) is 6.93. The van der Waals surface area contributed by atoms with Crippen LogP contribution in [-0.2, 0) is 5.60 Å². The Morgan fingerprint density at radius 1 is 1.47 bits per heavy atom. The Hall–Kier alpha value is -1.52. The third-order valence-electron chi connectivity index (χ3n) is 2.66. The van der Waals surface area contributed by atoms with Crippen molar-refractivity contribution in [3.63, 3.8) is 0 Å². The largest absolute Gasteiger partial charge is 0.497 e. The number of aromatic nitrogens is 2. The molecule has 17 heavy (non-hydrogen) atoms. The molecule has 2 rings (SSSR count). The van der Waals surface area contributed by atoms with E-state index in [1.165, 1.54) is 0 Å². The topological polar surface area (TPSA) is 58.1 Å². The number of aromatic amines is 1. The molecule has 1 unspecified atom stereocenters. The van der Waals surface area contributed by atoms with E-state index in [0.29, 0.717) is 22.2 Å². The van der Waals surface area contributed by atoms with E-state index in [4.69, 9.17) is 16.3 Å². The third kappa shape index (κ3) is 2.14. The highest BCUT2D eigenvalue weighted by Gasteiger charge is 2.30. The molecule has 0 radical (unpaired) electrons. The Bertz CT molecular complexity index is 509. The number of methoxy groups -OCH3 is 1. The van der Waals surface area contributed by atoms with Crippen molar-refractivity contribution in [3.05, 3.63) is 47.0 Å². The average Bonchev–Trinajstić information content (AvgIpc) is 2.82. The number of nitrogens with zero attached hydrogens (tertiary/aromatic N) is 1. The van der Waals surface area contributed by atoms with Crippen LogP contribution in [0.5, 0.6) is 5.75 Å². The Morgan fingerprint density at radius 2 is 2.24 bits per heavy atom. The number of hydrogen-bond donors (Lipinski definition) is 2. The highest BCUT2D eigenvalue weighted by atomic mass is 35.5. The van der Waals surface area contributed by atoms with Crippen molar-refractivity contribution >= 4 is 11.6 Å². The Labute approximate surface area is 104 Å². The summed E-state index contributed by atoms with van der Waals surface area (Å²) >= 11 is 6.13. The maximum atomic E-state index is 10.5. The molecule has 0 aliphatic carbocycles. The van der Waals surface area contributed by atoms with Gasteiger partial charge in [0, 0.05) is 18.0 Å². The molecule has 0 saturated heterocycles. The summed E-state index contributed by atoms with van der Waals surface area (Å²) in [6, 6.07) is 5.14. The fraction of sp³-hybridized carbons (Fsp3) is 0.250. The molecule has 0 saturated carbocycles. The molecule has 4 nitrogen and oxygen atoms in total. The number of benzene rings is 1. The number of rotatable bonds is 3. The first-order valence-corrected chi connectivity index (χ1v) is 5.49. The van der Waals surface area contributed by atoms with Gasteiger partial charge in [-0.3, -0.25) is 0 Å². The van der Waals surface area contributed by atoms with Crippen molar-refractivity contribution in [1.82, 2.24) is 9.97 Å². The molecule has 2 N–H and O–H groups in total. The molecule has 2 aromatic rings. The number of imidazole rings is 1. The smallest absolute Gasteiger partial charge is 0.146 e. The lowest BCUT2D eigenvalue weighted by Crippen LogP contribution is -2.24. The number of H-pyrrole nitrogens is 1. The summed E-state index contributed by atoms with van der Waals surface area (Å²) in [5.41, 5.74) is -0.678. The van der Waals surface area contributed by atoms with Gasteiger partial charge in [0.2, 0.25) is 0 Å². The minimum Gasteiger partial charge on any atom is -0.497 e. The molecule has 1 aromatic carbocycles. The molecular weight excluding hydrogens is 240 g/mol. The summed E-state index contributed by atoms with van der Waals surface area (Å²) < 4.78 is 5.06. The van der Waals surface area contributed by atoms with Gasteiger partial charge in [0.25, 0.3) is 0 Å². The van der Waals surface area contributed by atoms with E-state index >= 15 is 0 Å². The van der Waals surface area contributed by atoms with Crippen LogP contribution in [0.2, 0.25) is 5.02 Å². The quantitative estimate of drug-likeness (QED) is 0.882. The second kappa shape index (κ2) is 4.39. The second-order valence-electron chi connectivity index (χ2n) is 3.86. The molecule has 0 spiro atoms. The summed E-state index contributed by atoms with van der Waals surface area (Å²) in [5.74, 6) is 1.10.